The van der Waals surface area contributed by atoms with Gasteiger partial charge in [-0.25, -0.2) is 4.39 Å². The lowest BCUT2D eigenvalue weighted by molar-refractivity contribution is 0.104. The van der Waals surface area contributed by atoms with Crippen molar-refractivity contribution in [1.29, 1.82) is 0 Å². The first-order chi connectivity index (χ1) is 8.75. The number of thiophene rings is 1. The highest BCUT2D eigenvalue weighted by molar-refractivity contribution is 7.17. The van der Waals surface area contributed by atoms with Crippen LogP contribution in [0.3, 0.4) is 0 Å². The maximum absolute atomic E-state index is 12.8. The highest BCUT2D eigenvalue weighted by Gasteiger charge is 2.12. The maximum Gasteiger partial charge on any atom is 0.194 e. The summed E-state index contributed by atoms with van der Waals surface area (Å²) in [6.45, 7) is 0. The van der Waals surface area contributed by atoms with Crippen molar-refractivity contribution in [3.63, 3.8) is 0 Å². The molecule has 18 heavy (non-hydrogen) atoms. The summed E-state index contributed by atoms with van der Waals surface area (Å²) < 4.78 is 13.8. The molecular weight excluding hydrogens is 247 g/mol. The largest absolute Gasteiger partial charge is 0.289 e. The number of benzene rings is 2. The van der Waals surface area contributed by atoms with E-state index in [0.717, 1.165) is 10.1 Å². The molecule has 0 saturated carbocycles. The van der Waals surface area contributed by atoms with Gasteiger partial charge in [-0.3, -0.25) is 4.79 Å². The van der Waals surface area contributed by atoms with Crippen LogP contribution in [0, 0.1) is 5.82 Å². The molecular formula is C15H9FOS. The second kappa shape index (κ2) is 4.35. The van der Waals surface area contributed by atoms with Gasteiger partial charge in [0.15, 0.2) is 5.78 Å². The summed E-state index contributed by atoms with van der Waals surface area (Å²) in [5.74, 6) is -0.399. The topological polar surface area (TPSA) is 17.1 Å². The van der Waals surface area contributed by atoms with Gasteiger partial charge >= 0.3 is 0 Å². The molecule has 0 unspecified atom stereocenters. The zero-order valence-electron chi connectivity index (χ0n) is 9.39. The number of carbonyl (C=O) groups excluding carboxylic acids is 1. The van der Waals surface area contributed by atoms with E-state index >= 15 is 0 Å². The molecule has 0 atom stereocenters. The van der Waals surface area contributed by atoms with E-state index in [2.05, 4.69) is 0 Å². The Morgan fingerprint density at radius 1 is 1.00 bits per heavy atom. The normalized spacial score (nSPS) is 10.7. The van der Waals surface area contributed by atoms with Crippen LogP contribution in [-0.4, -0.2) is 5.78 Å². The van der Waals surface area contributed by atoms with Gasteiger partial charge in [-0.15, -0.1) is 11.3 Å². The van der Waals surface area contributed by atoms with Crippen LogP contribution in [0.4, 0.5) is 4.39 Å². The highest BCUT2D eigenvalue weighted by atomic mass is 32.1. The third-order valence-corrected chi connectivity index (χ3v) is 3.79. The first-order valence-electron chi connectivity index (χ1n) is 5.52. The molecule has 0 aliphatic carbocycles. The molecule has 1 aromatic heterocycles. The van der Waals surface area contributed by atoms with Gasteiger partial charge in [-0.1, -0.05) is 12.1 Å². The molecule has 0 amide bonds. The zero-order valence-corrected chi connectivity index (χ0v) is 10.2. The lowest BCUT2D eigenvalue weighted by Gasteiger charge is -2.02. The zero-order chi connectivity index (χ0) is 12.5. The minimum absolute atomic E-state index is 0.0666. The van der Waals surface area contributed by atoms with Crippen LogP contribution in [0.1, 0.15) is 15.9 Å². The van der Waals surface area contributed by atoms with Crippen molar-refractivity contribution >= 4 is 27.2 Å². The first kappa shape index (κ1) is 11.1. The molecule has 0 spiro atoms. The van der Waals surface area contributed by atoms with E-state index in [1.807, 2.05) is 29.6 Å². The molecule has 3 rings (SSSR count). The number of rotatable bonds is 2. The van der Waals surface area contributed by atoms with Crippen molar-refractivity contribution in [2.45, 2.75) is 0 Å². The Kier molecular flexibility index (Phi) is 2.68. The Balaban J connectivity index is 2.12. The molecule has 0 aliphatic heterocycles. The van der Waals surface area contributed by atoms with Crippen LogP contribution < -0.4 is 0 Å². The third-order valence-electron chi connectivity index (χ3n) is 2.83. The molecule has 0 fully saturated rings. The van der Waals surface area contributed by atoms with Gasteiger partial charge in [0.25, 0.3) is 0 Å². The average Bonchev–Trinajstić information content (AvgIpc) is 2.87. The van der Waals surface area contributed by atoms with E-state index in [1.54, 1.807) is 11.3 Å². The summed E-state index contributed by atoms with van der Waals surface area (Å²) in [5, 5.41) is 3.03. The Labute approximate surface area is 108 Å². The number of halogens is 1. The highest BCUT2D eigenvalue weighted by Crippen LogP contribution is 2.26. The molecule has 0 bridgehead atoms. The number of fused-ring (bicyclic) bond motifs is 1. The van der Waals surface area contributed by atoms with Gasteiger partial charge in [0.2, 0.25) is 0 Å². The smallest absolute Gasteiger partial charge is 0.194 e. The van der Waals surface area contributed by atoms with E-state index in [9.17, 15) is 9.18 Å². The molecule has 3 heteroatoms. The van der Waals surface area contributed by atoms with Crippen molar-refractivity contribution in [3.8, 4) is 0 Å². The number of carbonyl (C=O) groups is 1. The predicted molar refractivity (Wildman–Crippen MR) is 71.7 cm³/mol. The van der Waals surface area contributed by atoms with E-state index in [1.165, 1.54) is 24.3 Å². The Bertz CT molecular complexity index is 713. The second-order valence-corrected chi connectivity index (χ2v) is 4.90. The van der Waals surface area contributed by atoms with Crippen molar-refractivity contribution in [2.24, 2.45) is 0 Å². The molecule has 1 heterocycles. The molecule has 0 radical (unpaired) electrons. The third kappa shape index (κ3) is 1.83. The monoisotopic (exact) mass is 256 g/mol. The fourth-order valence-corrected chi connectivity index (χ4v) is 2.84. The van der Waals surface area contributed by atoms with Crippen LogP contribution in [0.2, 0.25) is 0 Å². The summed E-state index contributed by atoms with van der Waals surface area (Å²) in [5.41, 5.74) is 1.19. The Hall–Kier alpha value is -2.00. The van der Waals surface area contributed by atoms with Crippen LogP contribution in [0.25, 0.3) is 10.1 Å². The number of hydrogen-bond donors (Lipinski definition) is 0. The maximum atomic E-state index is 12.8. The van der Waals surface area contributed by atoms with Gasteiger partial charge in [0.1, 0.15) is 5.82 Å². The van der Waals surface area contributed by atoms with Crippen LogP contribution >= 0.6 is 11.3 Å². The summed E-state index contributed by atoms with van der Waals surface area (Å²) in [7, 11) is 0. The summed E-state index contributed by atoms with van der Waals surface area (Å²) >= 11 is 1.55. The predicted octanol–water partition coefficient (Wildman–Crippen LogP) is 4.27. The van der Waals surface area contributed by atoms with Crippen LogP contribution in [0.15, 0.2) is 53.9 Å². The second-order valence-electron chi connectivity index (χ2n) is 3.98. The summed E-state index contributed by atoms with van der Waals surface area (Å²) in [6, 6.07) is 13.3. The fourth-order valence-electron chi connectivity index (χ4n) is 1.93. The van der Waals surface area contributed by atoms with Gasteiger partial charge in [0, 0.05) is 15.8 Å². The average molecular weight is 256 g/mol. The number of ketones is 1. The van der Waals surface area contributed by atoms with Gasteiger partial charge in [-0.05, 0) is 47.2 Å². The van der Waals surface area contributed by atoms with E-state index in [-0.39, 0.29) is 11.6 Å². The van der Waals surface area contributed by atoms with Gasteiger partial charge in [-0.2, -0.15) is 0 Å². The molecule has 1 nitrogen and oxygen atoms in total. The molecule has 88 valence electrons. The minimum atomic E-state index is -0.333. The van der Waals surface area contributed by atoms with Crippen molar-refractivity contribution < 1.29 is 9.18 Å². The first-order valence-corrected chi connectivity index (χ1v) is 6.40. The lowest BCUT2D eigenvalue weighted by atomic mass is 10.0. The van der Waals surface area contributed by atoms with E-state index in [0.29, 0.717) is 11.1 Å². The van der Waals surface area contributed by atoms with Crippen LogP contribution in [0.5, 0.6) is 0 Å². The molecule has 0 N–H and O–H groups in total. The fraction of sp³-hybridized carbons (Fsp3) is 0. The Morgan fingerprint density at radius 3 is 2.56 bits per heavy atom. The van der Waals surface area contributed by atoms with E-state index < -0.39 is 0 Å². The summed E-state index contributed by atoms with van der Waals surface area (Å²) in [6.07, 6.45) is 0. The molecule has 0 aliphatic rings. The number of hydrogen-bond acceptors (Lipinski definition) is 2. The molecule has 2 aromatic carbocycles. The SMILES string of the molecule is O=C(c1ccc(F)cc1)c1cccc2ccsc12. The quantitative estimate of drug-likeness (QED) is 0.626. The lowest BCUT2D eigenvalue weighted by Crippen LogP contribution is -2.01. The van der Waals surface area contributed by atoms with Gasteiger partial charge < -0.3 is 0 Å². The van der Waals surface area contributed by atoms with E-state index in [4.69, 9.17) is 0 Å². The van der Waals surface area contributed by atoms with Gasteiger partial charge in [0.05, 0.1) is 0 Å². The molecule has 0 saturated heterocycles. The van der Waals surface area contributed by atoms with Crippen molar-refractivity contribution in [1.82, 2.24) is 0 Å². The molecule has 3 aromatic rings. The Morgan fingerprint density at radius 2 is 1.78 bits per heavy atom. The standard InChI is InChI=1S/C15H9FOS/c16-12-6-4-10(5-7-12)14(17)13-3-1-2-11-8-9-18-15(11)13/h1-9H. The van der Waals surface area contributed by atoms with Crippen molar-refractivity contribution in [2.75, 3.05) is 0 Å². The van der Waals surface area contributed by atoms with Crippen LogP contribution in [-0.2, 0) is 0 Å². The van der Waals surface area contributed by atoms with Crippen molar-refractivity contribution in [3.05, 3.63) is 70.9 Å². The minimum Gasteiger partial charge on any atom is -0.289 e. The summed E-state index contributed by atoms with van der Waals surface area (Å²) in [4.78, 5) is 12.4.